The van der Waals surface area contributed by atoms with Crippen LogP contribution in [0.5, 0.6) is 0 Å². The van der Waals surface area contributed by atoms with Gasteiger partial charge in [-0.2, -0.15) is 4.39 Å². The summed E-state index contributed by atoms with van der Waals surface area (Å²) in [4.78, 5) is 19.1. The molecule has 1 atom stereocenters. The van der Waals surface area contributed by atoms with Crippen LogP contribution in [0.1, 0.15) is 47.1 Å². The third-order valence-corrected chi connectivity index (χ3v) is 4.07. The van der Waals surface area contributed by atoms with E-state index in [9.17, 15) is 9.18 Å². The summed E-state index contributed by atoms with van der Waals surface area (Å²) in [6.07, 6.45) is 6.82. The maximum Gasteiger partial charge on any atom is 0.407 e. The first-order chi connectivity index (χ1) is 11.7. The fourth-order valence-corrected chi connectivity index (χ4v) is 2.64. The monoisotopic (exact) mass is 323 g/mol. The molecular formula is C18H14FN3O2. The number of carbonyl (C=O) groups excluding carboxylic acids is 1. The third-order valence-electron chi connectivity index (χ3n) is 4.07. The number of ether oxygens (including phenoxy) is 1. The van der Waals surface area contributed by atoms with Gasteiger partial charge in [0.2, 0.25) is 5.95 Å². The molecule has 24 heavy (non-hydrogen) atoms. The molecule has 1 saturated heterocycles. The van der Waals surface area contributed by atoms with E-state index in [2.05, 4.69) is 27.1 Å². The molecule has 1 aliphatic heterocycles. The minimum atomic E-state index is -0.631. The lowest BCUT2D eigenvalue weighted by molar-refractivity contribution is 0.176. The quantitative estimate of drug-likeness (QED) is 0.682. The zero-order valence-electron chi connectivity index (χ0n) is 12.8. The molecule has 2 aromatic rings. The van der Waals surface area contributed by atoms with E-state index in [-0.39, 0.29) is 12.2 Å². The number of halogens is 1. The first-order valence-electron chi connectivity index (χ1n) is 7.75. The minimum Gasteiger partial charge on any atom is -0.447 e. The van der Waals surface area contributed by atoms with Crippen LogP contribution in [-0.2, 0) is 4.74 Å². The van der Waals surface area contributed by atoms with E-state index in [1.807, 2.05) is 12.3 Å². The highest BCUT2D eigenvalue weighted by Crippen LogP contribution is 2.39. The fourth-order valence-electron chi connectivity index (χ4n) is 2.64. The van der Waals surface area contributed by atoms with Crippen molar-refractivity contribution in [3.8, 4) is 11.8 Å². The van der Waals surface area contributed by atoms with Gasteiger partial charge in [-0.3, -0.25) is 4.98 Å². The van der Waals surface area contributed by atoms with Crippen molar-refractivity contribution >= 4 is 6.09 Å². The van der Waals surface area contributed by atoms with E-state index < -0.39 is 18.1 Å². The standard InChI is InChI=1S/C18H14FN3O2/c19-17-15(16-10-24-18(23)22-16)6-12(8-21-17)2-1-11-5-14(9-20-7-11)13-3-4-13/h5-9,13,16H,3-4,10H2,(H,22,23)/t16-/m0/s1. The van der Waals surface area contributed by atoms with Crippen LogP contribution in [0.4, 0.5) is 9.18 Å². The van der Waals surface area contributed by atoms with Crippen LogP contribution in [0.3, 0.4) is 0 Å². The molecule has 1 amide bonds. The summed E-state index contributed by atoms with van der Waals surface area (Å²) in [7, 11) is 0. The lowest BCUT2D eigenvalue weighted by atomic mass is 10.1. The molecule has 0 spiro atoms. The zero-order valence-corrected chi connectivity index (χ0v) is 12.8. The number of nitrogens with zero attached hydrogens (tertiary/aromatic N) is 2. The van der Waals surface area contributed by atoms with Gasteiger partial charge in [0.05, 0.1) is 6.04 Å². The van der Waals surface area contributed by atoms with Crippen molar-refractivity contribution in [1.82, 2.24) is 15.3 Å². The van der Waals surface area contributed by atoms with Gasteiger partial charge >= 0.3 is 6.09 Å². The predicted molar refractivity (Wildman–Crippen MR) is 83.6 cm³/mol. The molecule has 120 valence electrons. The second-order valence-electron chi connectivity index (χ2n) is 5.93. The number of alkyl carbamates (subject to hydrolysis) is 1. The van der Waals surface area contributed by atoms with E-state index in [0.717, 1.165) is 5.56 Å². The topological polar surface area (TPSA) is 64.1 Å². The Hall–Kier alpha value is -2.94. The van der Waals surface area contributed by atoms with E-state index in [1.54, 1.807) is 12.3 Å². The summed E-state index contributed by atoms with van der Waals surface area (Å²) < 4.78 is 18.7. The van der Waals surface area contributed by atoms with Crippen LogP contribution in [0.2, 0.25) is 0 Å². The number of pyridine rings is 2. The Kier molecular flexibility index (Phi) is 3.62. The lowest BCUT2D eigenvalue weighted by Crippen LogP contribution is -2.19. The highest BCUT2D eigenvalue weighted by molar-refractivity contribution is 5.70. The lowest BCUT2D eigenvalue weighted by Gasteiger charge is -2.08. The summed E-state index contributed by atoms with van der Waals surface area (Å²) in [5.41, 5.74) is 2.88. The summed E-state index contributed by atoms with van der Waals surface area (Å²) in [5.74, 6) is 6.00. The van der Waals surface area contributed by atoms with Gasteiger partial charge in [0.15, 0.2) is 0 Å². The van der Waals surface area contributed by atoms with Crippen molar-refractivity contribution in [2.75, 3.05) is 6.61 Å². The molecule has 0 aromatic carbocycles. The van der Waals surface area contributed by atoms with Crippen molar-refractivity contribution < 1.29 is 13.9 Å². The maximum absolute atomic E-state index is 13.9. The van der Waals surface area contributed by atoms with Gasteiger partial charge in [0, 0.05) is 35.3 Å². The highest BCUT2D eigenvalue weighted by atomic mass is 19.1. The Labute approximate surface area is 138 Å². The molecule has 0 unspecified atom stereocenters. The molecule has 1 saturated carbocycles. The first-order valence-corrected chi connectivity index (χ1v) is 7.75. The van der Waals surface area contributed by atoms with Crippen molar-refractivity contribution in [2.45, 2.75) is 24.8 Å². The Bertz CT molecular complexity index is 868. The number of hydrogen-bond acceptors (Lipinski definition) is 4. The van der Waals surface area contributed by atoms with Gasteiger partial charge in [0.1, 0.15) is 6.61 Å². The number of hydrogen-bond donors (Lipinski definition) is 1. The molecular weight excluding hydrogens is 309 g/mol. The molecule has 3 heterocycles. The number of cyclic esters (lactones) is 1. The number of nitrogens with one attached hydrogen (secondary N) is 1. The van der Waals surface area contributed by atoms with E-state index in [1.165, 1.54) is 24.6 Å². The van der Waals surface area contributed by atoms with Gasteiger partial charge in [-0.1, -0.05) is 11.8 Å². The zero-order chi connectivity index (χ0) is 16.5. The largest absolute Gasteiger partial charge is 0.447 e. The van der Waals surface area contributed by atoms with E-state index in [4.69, 9.17) is 4.74 Å². The van der Waals surface area contributed by atoms with Crippen molar-refractivity contribution in [1.29, 1.82) is 0 Å². The number of rotatable bonds is 2. The van der Waals surface area contributed by atoms with Crippen LogP contribution < -0.4 is 5.32 Å². The Morgan fingerprint density at radius 3 is 2.67 bits per heavy atom. The molecule has 6 heteroatoms. The average molecular weight is 323 g/mol. The second kappa shape index (κ2) is 5.93. The molecule has 2 fully saturated rings. The molecule has 0 bridgehead atoms. The smallest absolute Gasteiger partial charge is 0.407 e. The number of carbonyl (C=O) groups is 1. The van der Waals surface area contributed by atoms with Crippen molar-refractivity contribution in [3.63, 3.8) is 0 Å². The summed E-state index contributed by atoms with van der Waals surface area (Å²) >= 11 is 0. The summed E-state index contributed by atoms with van der Waals surface area (Å²) in [5, 5.41) is 2.54. The maximum atomic E-state index is 13.9. The van der Waals surface area contributed by atoms with Gasteiger partial charge in [-0.25, -0.2) is 9.78 Å². The Balaban J connectivity index is 1.59. The average Bonchev–Trinajstić information content (AvgIpc) is 3.36. The summed E-state index contributed by atoms with van der Waals surface area (Å²) in [6.45, 7) is 0.0850. The molecule has 0 radical (unpaired) electrons. The molecule has 2 aromatic heterocycles. The van der Waals surface area contributed by atoms with Gasteiger partial charge in [0.25, 0.3) is 0 Å². The Morgan fingerprint density at radius 1 is 1.17 bits per heavy atom. The summed E-state index contributed by atoms with van der Waals surface area (Å²) in [6, 6.07) is 3.10. The number of aromatic nitrogens is 2. The molecule has 1 aliphatic carbocycles. The molecule has 2 aliphatic rings. The van der Waals surface area contributed by atoms with Crippen LogP contribution in [0, 0.1) is 17.8 Å². The highest BCUT2D eigenvalue weighted by Gasteiger charge is 2.27. The predicted octanol–water partition coefficient (Wildman–Crippen LogP) is 2.67. The third kappa shape index (κ3) is 3.06. The SMILES string of the molecule is O=C1N[C@H](c2cc(C#Cc3cncc(C4CC4)c3)cnc2F)CO1. The van der Waals surface area contributed by atoms with Gasteiger partial charge in [-0.15, -0.1) is 0 Å². The normalized spacial score (nSPS) is 19.2. The second-order valence-corrected chi connectivity index (χ2v) is 5.93. The van der Waals surface area contributed by atoms with Gasteiger partial charge < -0.3 is 10.1 Å². The first kappa shape index (κ1) is 14.6. The van der Waals surface area contributed by atoms with Crippen LogP contribution in [0.15, 0.2) is 30.7 Å². The van der Waals surface area contributed by atoms with Crippen molar-refractivity contribution in [3.05, 3.63) is 58.9 Å². The number of amides is 1. The van der Waals surface area contributed by atoms with Crippen molar-refractivity contribution in [2.24, 2.45) is 0 Å². The molecule has 4 rings (SSSR count). The van der Waals surface area contributed by atoms with E-state index in [0.29, 0.717) is 11.5 Å². The van der Waals surface area contributed by atoms with Crippen LogP contribution in [-0.4, -0.2) is 22.7 Å². The van der Waals surface area contributed by atoms with Crippen LogP contribution in [0.25, 0.3) is 0 Å². The molecule has 1 N–H and O–H groups in total. The van der Waals surface area contributed by atoms with Gasteiger partial charge in [-0.05, 0) is 36.5 Å². The Morgan fingerprint density at radius 2 is 1.96 bits per heavy atom. The fraction of sp³-hybridized carbons (Fsp3) is 0.278. The minimum absolute atomic E-state index is 0.0850. The van der Waals surface area contributed by atoms with E-state index >= 15 is 0 Å². The van der Waals surface area contributed by atoms with Crippen LogP contribution >= 0.6 is 0 Å². The molecule has 5 nitrogen and oxygen atoms in total.